The zero-order valence-electron chi connectivity index (χ0n) is 14.4. The number of benzene rings is 1. The summed E-state index contributed by atoms with van der Waals surface area (Å²) >= 11 is 0. The quantitative estimate of drug-likeness (QED) is 0.893. The number of nitrogens with zero attached hydrogens (tertiary/aromatic N) is 2. The van der Waals surface area contributed by atoms with Crippen molar-refractivity contribution >= 4 is 17.4 Å². The van der Waals surface area contributed by atoms with Gasteiger partial charge in [0, 0.05) is 19.1 Å². The molecule has 2 aliphatic rings. The summed E-state index contributed by atoms with van der Waals surface area (Å²) in [6, 6.07) is 4.59. The zero-order chi connectivity index (χ0) is 16.9. The van der Waals surface area contributed by atoms with Crippen LogP contribution in [-0.4, -0.2) is 50.2 Å². The summed E-state index contributed by atoms with van der Waals surface area (Å²) in [5.74, 6) is -0.328. The molecule has 0 aliphatic carbocycles. The molecule has 1 aromatic rings. The molecule has 6 heteroatoms. The number of anilines is 2. The molecule has 0 spiro atoms. The molecule has 132 valence electrons. The second kappa shape index (κ2) is 7.83. The first-order chi connectivity index (χ1) is 11.6. The minimum atomic E-state index is -0.328. The number of halogens is 1. The third-order valence-corrected chi connectivity index (χ3v) is 4.96. The van der Waals surface area contributed by atoms with E-state index in [0.717, 1.165) is 57.5 Å². The third kappa shape index (κ3) is 4.38. The Balaban J connectivity index is 1.64. The Labute approximate surface area is 143 Å². The predicted molar refractivity (Wildman–Crippen MR) is 95.1 cm³/mol. The molecule has 0 unspecified atom stereocenters. The van der Waals surface area contributed by atoms with E-state index in [0.29, 0.717) is 5.69 Å². The molecule has 0 bridgehead atoms. The lowest BCUT2D eigenvalue weighted by atomic mass is 10.1. The van der Waals surface area contributed by atoms with Gasteiger partial charge in [0.25, 0.3) is 0 Å². The summed E-state index contributed by atoms with van der Waals surface area (Å²) in [6.45, 7) is 3.89. The fourth-order valence-corrected chi connectivity index (χ4v) is 3.52. The van der Waals surface area contributed by atoms with Crippen molar-refractivity contribution in [2.75, 3.05) is 43.4 Å². The topological polar surface area (TPSA) is 47.6 Å². The van der Waals surface area contributed by atoms with Crippen LogP contribution in [0.1, 0.15) is 32.1 Å². The summed E-state index contributed by atoms with van der Waals surface area (Å²) in [5, 5.41) is 5.88. The van der Waals surface area contributed by atoms with Crippen molar-refractivity contribution in [3.8, 4) is 0 Å². The van der Waals surface area contributed by atoms with Crippen LogP contribution < -0.4 is 15.5 Å². The lowest BCUT2D eigenvalue weighted by Crippen LogP contribution is -2.45. The zero-order valence-corrected chi connectivity index (χ0v) is 14.4. The van der Waals surface area contributed by atoms with Crippen molar-refractivity contribution in [3.63, 3.8) is 0 Å². The van der Waals surface area contributed by atoms with E-state index in [2.05, 4.69) is 27.5 Å². The van der Waals surface area contributed by atoms with Crippen molar-refractivity contribution in [1.29, 1.82) is 0 Å². The van der Waals surface area contributed by atoms with E-state index >= 15 is 0 Å². The largest absolute Gasteiger partial charge is 0.370 e. The van der Waals surface area contributed by atoms with Crippen LogP contribution in [0.25, 0.3) is 0 Å². The van der Waals surface area contributed by atoms with E-state index in [1.807, 2.05) is 0 Å². The van der Waals surface area contributed by atoms with Gasteiger partial charge in [-0.1, -0.05) is 0 Å². The van der Waals surface area contributed by atoms with Crippen molar-refractivity contribution < 1.29 is 9.18 Å². The Morgan fingerprint density at radius 2 is 1.83 bits per heavy atom. The molecule has 3 rings (SSSR count). The lowest BCUT2D eigenvalue weighted by molar-refractivity contribution is 0.221. The number of amides is 2. The standard InChI is InChI=1S/C18H27FN4O/c1-22-11-7-15(8-12-22)20-18(24)21-16-13-14(19)5-6-17(16)23-9-3-2-4-10-23/h5-6,13,15H,2-4,7-12H2,1H3,(H2,20,21,24). The van der Waals surface area contributed by atoms with Crippen LogP contribution in [0.3, 0.4) is 0 Å². The maximum Gasteiger partial charge on any atom is 0.319 e. The van der Waals surface area contributed by atoms with Crippen LogP contribution in [0, 0.1) is 5.82 Å². The monoisotopic (exact) mass is 334 g/mol. The van der Waals surface area contributed by atoms with Gasteiger partial charge in [0.05, 0.1) is 11.4 Å². The minimum Gasteiger partial charge on any atom is -0.370 e. The summed E-state index contributed by atoms with van der Waals surface area (Å²) in [6.07, 6.45) is 5.41. The molecule has 2 amide bonds. The third-order valence-electron chi connectivity index (χ3n) is 4.96. The van der Waals surface area contributed by atoms with Gasteiger partial charge in [-0.2, -0.15) is 0 Å². The van der Waals surface area contributed by atoms with E-state index in [1.165, 1.54) is 18.6 Å². The van der Waals surface area contributed by atoms with Gasteiger partial charge in [0.15, 0.2) is 0 Å². The number of urea groups is 1. The van der Waals surface area contributed by atoms with Gasteiger partial charge < -0.3 is 20.4 Å². The van der Waals surface area contributed by atoms with Crippen molar-refractivity contribution in [3.05, 3.63) is 24.0 Å². The molecule has 2 fully saturated rings. The number of carbonyl (C=O) groups excluding carboxylic acids is 1. The average molecular weight is 334 g/mol. The van der Waals surface area contributed by atoms with Crippen LogP contribution in [0.2, 0.25) is 0 Å². The predicted octanol–water partition coefficient (Wildman–Crippen LogP) is 3.03. The van der Waals surface area contributed by atoms with E-state index in [9.17, 15) is 9.18 Å². The first-order valence-electron chi connectivity index (χ1n) is 8.92. The van der Waals surface area contributed by atoms with Crippen LogP contribution >= 0.6 is 0 Å². The number of likely N-dealkylation sites (tertiary alicyclic amines) is 1. The van der Waals surface area contributed by atoms with Gasteiger partial charge >= 0.3 is 6.03 Å². The van der Waals surface area contributed by atoms with Gasteiger partial charge in [-0.3, -0.25) is 0 Å². The van der Waals surface area contributed by atoms with Gasteiger partial charge in [-0.05, 0) is 70.4 Å². The fraction of sp³-hybridized carbons (Fsp3) is 0.611. The molecule has 2 aliphatic heterocycles. The Morgan fingerprint density at radius 1 is 1.12 bits per heavy atom. The Hall–Kier alpha value is -1.82. The molecule has 0 saturated carbocycles. The molecule has 0 radical (unpaired) electrons. The molecule has 2 heterocycles. The van der Waals surface area contributed by atoms with Crippen molar-refractivity contribution in [1.82, 2.24) is 10.2 Å². The molecular weight excluding hydrogens is 307 g/mol. The van der Waals surface area contributed by atoms with E-state index in [4.69, 9.17) is 0 Å². The van der Waals surface area contributed by atoms with E-state index in [1.54, 1.807) is 6.07 Å². The Bertz CT molecular complexity index is 566. The molecule has 1 aromatic carbocycles. The van der Waals surface area contributed by atoms with Crippen LogP contribution in [0.15, 0.2) is 18.2 Å². The smallest absolute Gasteiger partial charge is 0.319 e. The van der Waals surface area contributed by atoms with Gasteiger partial charge in [-0.15, -0.1) is 0 Å². The molecule has 2 N–H and O–H groups in total. The maximum atomic E-state index is 13.7. The first kappa shape index (κ1) is 17.0. The normalized spacial score (nSPS) is 20.0. The fourth-order valence-electron chi connectivity index (χ4n) is 3.52. The summed E-state index contributed by atoms with van der Waals surface area (Å²) < 4.78 is 13.7. The van der Waals surface area contributed by atoms with Crippen molar-refractivity contribution in [2.45, 2.75) is 38.1 Å². The van der Waals surface area contributed by atoms with Gasteiger partial charge in [0.2, 0.25) is 0 Å². The maximum absolute atomic E-state index is 13.7. The molecule has 2 saturated heterocycles. The average Bonchev–Trinajstić information content (AvgIpc) is 2.58. The summed E-state index contributed by atoms with van der Waals surface area (Å²) in [5.41, 5.74) is 1.47. The second-order valence-corrected chi connectivity index (χ2v) is 6.89. The van der Waals surface area contributed by atoms with Crippen LogP contribution in [-0.2, 0) is 0 Å². The van der Waals surface area contributed by atoms with E-state index in [-0.39, 0.29) is 17.9 Å². The molecule has 5 nitrogen and oxygen atoms in total. The molecule has 0 aromatic heterocycles. The highest BCUT2D eigenvalue weighted by atomic mass is 19.1. The summed E-state index contributed by atoms with van der Waals surface area (Å²) in [7, 11) is 2.09. The Kier molecular flexibility index (Phi) is 5.56. The highest BCUT2D eigenvalue weighted by Crippen LogP contribution is 2.29. The van der Waals surface area contributed by atoms with Gasteiger partial charge in [0.1, 0.15) is 5.82 Å². The molecule has 0 atom stereocenters. The number of hydrogen-bond donors (Lipinski definition) is 2. The highest BCUT2D eigenvalue weighted by molar-refractivity contribution is 5.93. The second-order valence-electron chi connectivity index (χ2n) is 6.89. The highest BCUT2D eigenvalue weighted by Gasteiger charge is 2.20. The van der Waals surface area contributed by atoms with Crippen LogP contribution in [0.5, 0.6) is 0 Å². The number of hydrogen-bond acceptors (Lipinski definition) is 3. The minimum absolute atomic E-state index is 0.188. The van der Waals surface area contributed by atoms with E-state index < -0.39 is 0 Å². The SMILES string of the molecule is CN1CCC(NC(=O)Nc2cc(F)ccc2N2CCCCC2)CC1. The number of rotatable bonds is 3. The number of nitrogens with one attached hydrogen (secondary N) is 2. The number of carbonyl (C=O) groups is 1. The molecular formula is C18H27FN4O. The first-order valence-corrected chi connectivity index (χ1v) is 8.92. The summed E-state index contributed by atoms with van der Waals surface area (Å²) in [4.78, 5) is 16.8. The lowest BCUT2D eigenvalue weighted by Gasteiger charge is -2.31. The molecule has 24 heavy (non-hydrogen) atoms. The number of piperidine rings is 2. The van der Waals surface area contributed by atoms with Crippen LogP contribution in [0.4, 0.5) is 20.6 Å². The van der Waals surface area contributed by atoms with Gasteiger partial charge in [-0.25, -0.2) is 9.18 Å². The Morgan fingerprint density at radius 3 is 2.54 bits per heavy atom. The van der Waals surface area contributed by atoms with Crippen molar-refractivity contribution in [2.24, 2.45) is 0 Å².